The number of rotatable bonds is 5. The van der Waals surface area contributed by atoms with Crippen molar-refractivity contribution in [3.05, 3.63) is 80.8 Å². The molecule has 4 rings (SSSR count). The summed E-state index contributed by atoms with van der Waals surface area (Å²) in [5.41, 5.74) is 0.663. The van der Waals surface area contributed by atoms with Crippen LogP contribution in [0.2, 0.25) is 0 Å². The molecular weight excluding hydrogens is 424 g/mol. The zero-order valence-corrected chi connectivity index (χ0v) is 18.9. The van der Waals surface area contributed by atoms with Crippen LogP contribution in [0.5, 0.6) is 11.5 Å². The normalized spacial score (nSPS) is 14.2. The summed E-state index contributed by atoms with van der Waals surface area (Å²) in [5.74, 6) is 0.977. The van der Waals surface area contributed by atoms with Gasteiger partial charge in [0.05, 0.1) is 12.7 Å². The number of hydrogen-bond donors (Lipinski definition) is 0. The van der Waals surface area contributed by atoms with Gasteiger partial charge in [0.1, 0.15) is 23.4 Å². The van der Waals surface area contributed by atoms with Gasteiger partial charge in [-0.05, 0) is 25.1 Å². The molecule has 0 atom stereocenters. The third-order valence-corrected chi connectivity index (χ3v) is 5.87. The van der Waals surface area contributed by atoms with E-state index in [-0.39, 0.29) is 28.9 Å². The van der Waals surface area contributed by atoms with Gasteiger partial charge in [-0.25, -0.2) is 4.98 Å². The maximum Gasteiger partial charge on any atom is 0.260 e. The molecule has 3 aromatic rings. The number of piperidine rings is 1. The highest BCUT2D eigenvalue weighted by molar-refractivity contribution is 5.96. The van der Waals surface area contributed by atoms with Gasteiger partial charge in [-0.1, -0.05) is 6.07 Å². The van der Waals surface area contributed by atoms with Crippen molar-refractivity contribution >= 4 is 5.91 Å². The van der Waals surface area contributed by atoms with Gasteiger partial charge in [-0.15, -0.1) is 0 Å². The molecule has 9 nitrogen and oxygen atoms in total. The van der Waals surface area contributed by atoms with Crippen LogP contribution in [-0.2, 0) is 7.05 Å². The topological polar surface area (TPSA) is 95.7 Å². The Kier molecular flexibility index (Phi) is 6.30. The molecule has 3 aromatic heterocycles. The van der Waals surface area contributed by atoms with E-state index in [4.69, 9.17) is 9.47 Å². The van der Waals surface area contributed by atoms with Crippen molar-refractivity contribution in [2.75, 3.05) is 20.2 Å². The zero-order chi connectivity index (χ0) is 23.5. The lowest BCUT2D eigenvalue weighted by Gasteiger charge is -2.32. The molecule has 1 amide bonds. The fourth-order valence-electron chi connectivity index (χ4n) is 3.86. The molecule has 0 bridgehead atoms. The van der Waals surface area contributed by atoms with E-state index in [0.29, 0.717) is 43.1 Å². The van der Waals surface area contributed by atoms with Crippen molar-refractivity contribution < 1.29 is 14.3 Å². The lowest BCUT2D eigenvalue weighted by atomic mass is 10.1. The van der Waals surface area contributed by atoms with E-state index in [9.17, 15) is 14.4 Å². The summed E-state index contributed by atoms with van der Waals surface area (Å²) >= 11 is 0. The Labute approximate surface area is 190 Å². The van der Waals surface area contributed by atoms with Crippen LogP contribution in [-0.4, -0.2) is 51.2 Å². The molecule has 0 spiro atoms. The average Bonchev–Trinajstić information content (AvgIpc) is 2.83. The molecule has 0 aromatic carbocycles. The van der Waals surface area contributed by atoms with Gasteiger partial charge in [-0.3, -0.25) is 19.0 Å². The van der Waals surface area contributed by atoms with E-state index in [0.717, 1.165) is 5.69 Å². The first kappa shape index (κ1) is 22.3. The van der Waals surface area contributed by atoms with Crippen molar-refractivity contribution in [1.29, 1.82) is 0 Å². The molecule has 0 saturated carbocycles. The second kappa shape index (κ2) is 9.32. The number of nitrogens with zero attached hydrogens (tertiary/aromatic N) is 4. The monoisotopic (exact) mass is 450 g/mol. The van der Waals surface area contributed by atoms with Crippen LogP contribution < -0.4 is 20.6 Å². The molecular formula is C24H26N4O5. The Morgan fingerprint density at radius 3 is 2.48 bits per heavy atom. The summed E-state index contributed by atoms with van der Waals surface area (Å²) in [6.45, 7) is 2.83. The Hall–Kier alpha value is -3.88. The van der Waals surface area contributed by atoms with Crippen LogP contribution in [0.4, 0.5) is 0 Å². The Balaban J connectivity index is 1.49. The minimum Gasteiger partial charge on any atom is -0.496 e. The molecule has 172 valence electrons. The Morgan fingerprint density at radius 2 is 1.85 bits per heavy atom. The first-order chi connectivity index (χ1) is 15.9. The van der Waals surface area contributed by atoms with E-state index in [1.165, 1.54) is 30.0 Å². The fourth-order valence-corrected chi connectivity index (χ4v) is 3.86. The predicted octanol–water partition coefficient (Wildman–Crippen LogP) is 1.93. The van der Waals surface area contributed by atoms with E-state index in [2.05, 4.69) is 4.98 Å². The molecule has 1 aliphatic heterocycles. The Morgan fingerprint density at radius 1 is 1.09 bits per heavy atom. The maximum absolute atomic E-state index is 13.3. The SMILES string of the molecule is COc1cc(=O)n(-c2ccccn2)cc1C(=O)N1CCC(Oc2cc(C)n(C)c(=O)c2)CC1. The number of methoxy groups -OCH3 is 1. The van der Waals surface area contributed by atoms with E-state index >= 15 is 0 Å². The summed E-state index contributed by atoms with van der Waals surface area (Å²) in [7, 11) is 3.15. The molecule has 0 unspecified atom stereocenters. The van der Waals surface area contributed by atoms with Crippen molar-refractivity contribution in [3.63, 3.8) is 0 Å². The smallest absolute Gasteiger partial charge is 0.260 e. The molecule has 9 heteroatoms. The molecule has 0 aliphatic carbocycles. The van der Waals surface area contributed by atoms with Gasteiger partial charge in [0.25, 0.3) is 17.0 Å². The van der Waals surface area contributed by atoms with Crippen molar-refractivity contribution in [2.24, 2.45) is 7.05 Å². The van der Waals surface area contributed by atoms with Crippen LogP contribution >= 0.6 is 0 Å². The van der Waals surface area contributed by atoms with E-state index in [1.54, 1.807) is 40.9 Å². The first-order valence-corrected chi connectivity index (χ1v) is 10.7. The molecule has 33 heavy (non-hydrogen) atoms. The summed E-state index contributed by atoms with van der Waals surface area (Å²) in [6.07, 6.45) is 4.23. The number of likely N-dealkylation sites (tertiary alicyclic amines) is 1. The standard InChI is InChI=1S/C24H26N4O5/c1-16-12-18(13-22(29)26(16)2)33-17-7-10-27(11-8-17)24(31)19-15-28(21-6-4-5-9-25-21)23(30)14-20(19)32-3/h4-6,9,12-15,17H,7-8,10-11H2,1-3H3. The van der Waals surface area contributed by atoms with Gasteiger partial charge in [0.15, 0.2) is 0 Å². The number of amides is 1. The number of hydrogen-bond acceptors (Lipinski definition) is 6. The van der Waals surface area contributed by atoms with Crippen LogP contribution in [0.1, 0.15) is 28.9 Å². The van der Waals surface area contributed by atoms with Crippen molar-refractivity contribution in [2.45, 2.75) is 25.9 Å². The molecule has 1 saturated heterocycles. The summed E-state index contributed by atoms with van der Waals surface area (Å²) in [5, 5.41) is 0. The van der Waals surface area contributed by atoms with Gasteiger partial charge < -0.3 is 18.9 Å². The summed E-state index contributed by atoms with van der Waals surface area (Å²) in [4.78, 5) is 43.7. The van der Waals surface area contributed by atoms with E-state index < -0.39 is 0 Å². The minimum absolute atomic E-state index is 0.0927. The highest BCUT2D eigenvalue weighted by Gasteiger charge is 2.27. The zero-order valence-electron chi connectivity index (χ0n) is 18.9. The number of carbonyl (C=O) groups is 1. The largest absolute Gasteiger partial charge is 0.496 e. The predicted molar refractivity (Wildman–Crippen MR) is 122 cm³/mol. The van der Waals surface area contributed by atoms with Gasteiger partial charge >= 0.3 is 0 Å². The summed E-state index contributed by atoms with van der Waals surface area (Å²) in [6, 6.07) is 9.85. The summed E-state index contributed by atoms with van der Waals surface area (Å²) < 4.78 is 14.2. The highest BCUT2D eigenvalue weighted by atomic mass is 16.5. The number of carbonyl (C=O) groups excluding carboxylic acids is 1. The molecule has 1 fully saturated rings. The Bertz CT molecular complexity index is 1270. The minimum atomic E-state index is -0.335. The third kappa shape index (κ3) is 4.67. The lowest BCUT2D eigenvalue weighted by Crippen LogP contribution is -2.42. The number of aryl methyl sites for hydroxylation is 1. The first-order valence-electron chi connectivity index (χ1n) is 10.7. The maximum atomic E-state index is 13.3. The fraction of sp³-hybridized carbons (Fsp3) is 0.333. The molecule has 4 heterocycles. The van der Waals surface area contributed by atoms with Gasteiger partial charge in [0.2, 0.25) is 0 Å². The highest BCUT2D eigenvalue weighted by Crippen LogP contribution is 2.23. The molecule has 0 radical (unpaired) electrons. The van der Waals surface area contributed by atoms with Crippen molar-refractivity contribution in [3.8, 4) is 17.3 Å². The van der Waals surface area contributed by atoms with Crippen LogP contribution in [0.3, 0.4) is 0 Å². The number of ether oxygens (including phenoxy) is 2. The average molecular weight is 450 g/mol. The second-order valence-corrected chi connectivity index (χ2v) is 7.99. The van der Waals surface area contributed by atoms with E-state index in [1.807, 2.05) is 13.0 Å². The second-order valence-electron chi connectivity index (χ2n) is 7.99. The molecule has 1 aliphatic rings. The number of aromatic nitrogens is 3. The van der Waals surface area contributed by atoms with Crippen LogP contribution in [0.25, 0.3) is 5.82 Å². The van der Waals surface area contributed by atoms with Gasteiger partial charge in [-0.2, -0.15) is 0 Å². The van der Waals surface area contributed by atoms with Crippen LogP contribution in [0.15, 0.2) is 58.4 Å². The lowest BCUT2D eigenvalue weighted by molar-refractivity contribution is 0.0591. The third-order valence-electron chi connectivity index (χ3n) is 5.87. The number of pyridine rings is 3. The molecule has 0 N–H and O–H groups in total. The quantitative estimate of drug-likeness (QED) is 0.590. The van der Waals surface area contributed by atoms with Gasteiger partial charge in [0, 0.05) is 63.2 Å². The van der Waals surface area contributed by atoms with Crippen molar-refractivity contribution in [1.82, 2.24) is 19.0 Å². The van der Waals surface area contributed by atoms with Crippen LogP contribution in [0, 0.1) is 6.92 Å².